The van der Waals surface area contributed by atoms with Crippen molar-refractivity contribution in [2.24, 2.45) is 0 Å². The van der Waals surface area contributed by atoms with Crippen LogP contribution >= 0.6 is 11.6 Å². The van der Waals surface area contributed by atoms with Gasteiger partial charge in [0.2, 0.25) is 0 Å². The van der Waals surface area contributed by atoms with Crippen LogP contribution < -0.4 is 5.46 Å². The lowest BCUT2D eigenvalue weighted by atomic mass is 9.76. The molecule has 1 saturated carbocycles. The van der Waals surface area contributed by atoms with Gasteiger partial charge in [0.15, 0.2) is 0 Å². The molecule has 1 aliphatic carbocycles. The van der Waals surface area contributed by atoms with Crippen molar-refractivity contribution in [3.63, 3.8) is 0 Å². The highest BCUT2D eigenvalue weighted by molar-refractivity contribution is 6.63. The maximum absolute atomic E-state index is 9.13. The predicted molar refractivity (Wildman–Crippen MR) is 53.3 cm³/mol. The average Bonchev–Trinajstić information content (AvgIpc) is 2.85. The molecule has 0 unspecified atom stereocenters. The number of halogens is 1. The summed E-state index contributed by atoms with van der Waals surface area (Å²) in [5.41, 5.74) is 1.47. The fraction of sp³-hybridized carbons (Fsp3) is 0.333. The third kappa shape index (κ3) is 1.73. The van der Waals surface area contributed by atoms with Gasteiger partial charge in [-0.3, -0.25) is 0 Å². The Morgan fingerprint density at radius 3 is 2.54 bits per heavy atom. The van der Waals surface area contributed by atoms with Gasteiger partial charge in [-0.05, 0) is 30.4 Å². The summed E-state index contributed by atoms with van der Waals surface area (Å²) in [6.07, 6.45) is 2.25. The first-order valence-electron chi connectivity index (χ1n) is 4.34. The molecule has 1 fully saturated rings. The molecule has 0 atom stereocenters. The van der Waals surface area contributed by atoms with Gasteiger partial charge in [-0.2, -0.15) is 0 Å². The Bertz CT molecular complexity index is 323. The second-order valence-corrected chi connectivity index (χ2v) is 3.80. The third-order valence-corrected chi connectivity index (χ3v) is 2.69. The van der Waals surface area contributed by atoms with Gasteiger partial charge in [0.25, 0.3) is 0 Å². The standard InChI is InChI=1S/C9H10BClO2/c11-8-3-1-2-7(6-4-5-6)9(8)10(12)13/h1-3,6,12-13H,4-5H2. The van der Waals surface area contributed by atoms with Crippen LogP contribution in [-0.2, 0) is 0 Å². The zero-order valence-corrected chi connectivity index (χ0v) is 7.83. The molecule has 2 rings (SSSR count). The van der Waals surface area contributed by atoms with Gasteiger partial charge in [-0.25, -0.2) is 0 Å². The predicted octanol–water partition coefficient (Wildman–Crippen LogP) is 0.897. The van der Waals surface area contributed by atoms with Gasteiger partial charge < -0.3 is 10.0 Å². The van der Waals surface area contributed by atoms with Crippen LogP contribution in [0.25, 0.3) is 0 Å². The summed E-state index contributed by atoms with van der Waals surface area (Å²) in [5.74, 6) is 0.482. The van der Waals surface area contributed by atoms with E-state index in [1.54, 1.807) is 6.07 Å². The number of hydrogen-bond acceptors (Lipinski definition) is 2. The molecule has 13 heavy (non-hydrogen) atoms. The van der Waals surface area contributed by atoms with Gasteiger partial charge in [0.1, 0.15) is 0 Å². The lowest BCUT2D eigenvalue weighted by Gasteiger charge is -2.09. The van der Waals surface area contributed by atoms with E-state index >= 15 is 0 Å². The monoisotopic (exact) mass is 196 g/mol. The van der Waals surface area contributed by atoms with E-state index in [0.717, 1.165) is 18.4 Å². The molecule has 0 radical (unpaired) electrons. The Morgan fingerprint density at radius 2 is 2.00 bits per heavy atom. The topological polar surface area (TPSA) is 40.5 Å². The average molecular weight is 196 g/mol. The quantitative estimate of drug-likeness (QED) is 0.690. The van der Waals surface area contributed by atoms with Gasteiger partial charge >= 0.3 is 7.12 Å². The highest BCUT2D eigenvalue weighted by atomic mass is 35.5. The van der Waals surface area contributed by atoms with Crippen molar-refractivity contribution in [2.75, 3.05) is 0 Å². The Labute approximate surface area is 82.3 Å². The molecule has 0 aliphatic heterocycles. The molecule has 68 valence electrons. The molecule has 1 aromatic rings. The fourth-order valence-corrected chi connectivity index (χ4v) is 1.86. The van der Waals surface area contributed by atoms with Crippen molar-refractivity contribution in [1.82, 2.24) is 0 Å². The summed E-state index contributed by atoms with van der Waals surface area (Å²) in [5, 5.41) is 18.7. The summed E-state index contributed by atoms with van der Waals surface area (Å²) in [7, 11) is -1.45. The molecule has 1 aromatic carbocycles. The van der Waals surface area contributed by atoms with Crippen LogP contribution in [0, 0.1) is 0 Å². The molecule has 0 heterocycles. The molecular weight excluding hydrogens is 186 g/mol. The van der Waals surface area contributed by atoms with E-state index in [2.05, 4.69) is 0 Å². The molecule has 2 N–H and O–H groups in total. The second kappa shape index (κ2) is 3.33. The van der Waals surface area contributed by atoms with Gasteiger partial charge in [-0.15, -0.1) is 0 Å². The van der Waals surface area contributed by atoms with Crippen LogP contribution in [0.3, 0.4) is 0 Å². The normalized spacial score (nSPS) is 15.9. The fourth-order valence-electron chi connectivity index (χ4n) is 1.58. The van der Waals surface area contributed by atoms with E-state index < -0.39 is 7.12 Å². The number of hydrogen-bond donors (Lipinski definition) is 2. The van der Waals surface area contributed by atoms with Gasteiger partial charge in [0, 0.05) is 10.5 Å². The first-order chi connectivity index (χ1) is 6.20. The Hall–Kier alpha value is -0.505. The maximum atomic E-state index is 9.13. The first kappa shape index (κ1) is 9.07. The lowest BCUT2D eigenvalue weighted by molar-refractivity contribution is 0.425. The van der Waals surface area contributed by atoms with Crippen LogP contribution in [0.4, 0.5) is 0 Å². The van der Waals surface area contributed by atoms with E-state index in [-0.39, 0.29) is 0 Å². The first-order valence-corrected chi connectivity index (χ1v) is 4.72. The molecule has 0 aromatic heterocycles. The summed E-state index contributed by atoms with van der Waals surface area (Å²) >= 11 is 5.88. The van der Waals surface area contributed by atoms with E-state index in [4.69, 9.17) is 21.6 Å². The minimum atomic E-state index is -1.45. The smallest absolute Gasteiger partial charge is 0.423 e. The molecule has 4 heteroatoms. The van der Waals surface area contributed by atoms with Gasteiger partial charge in [-0.1, -0.05) is 23.7 Å². The maximum Gasteiger partial charge on any atom is 0.490 e. The molecular formula is C9H10BClO2. The number of rotatable bonds is 2. The molecule has 1 aliphatic rings. The SMILES string of the molecule is OB(O)c1c(Cl)cccc1C1CC1. The largest absolute Gasteiger partial charge is 0.490 e. The minimum Gasteiger partial charge on any atom is -0.423 e. The highest BCUT2D eigenvalue weighted by Crippen LogP contribution is 2.39. The molecule has 0 spiro atoms. The van der Waals surface area contributed by atoms with Crippen molar-refractivity contribution in [3.8, 4) is 0 Å². The second-order valence-electron chi connectivity index (χ2n) is 3.39. The van der Waals surface area contributed by atoms with E-state index in [1.807, 2.05) is 12.1 Å². The van der Waals surface area contributed by atoms with Crippen LogP contribution in [0.1, 0.15) is 24.3 Å². The summed E-state index contributed by atoms with van der Waals surface area (Å²) < 4.78 is 0. The van der Waals surface area contributed by atoms with Crippen LogP contribution in [0.5, 0.6) is 0 Å². The van der Waals surface area contributed by atoms with Crippen LogP contribution in [-0.4, -0.2) is 17.2 Å². The van der Waals surface area contributed by atoms with Crippen LogP contribution in [0.2, 0.25) is 5.02 Å². The number of benzene rings is 1. The molecule has 2 nitrogen and oxygen atoms in total. The zero-order chi connectivity index (χ0) is 9.42. The Morgan fingerprint density at radius 1 is 1.31 bits per heavy atom. The van der Waals surface area contributed by atoms with Gasteiger partial charge in [0.05, 0.1) is 0 Å². The van der Waals surface area contributed by atoms with E-state index in [0.29, 0.717) is 16.4 Å². The molecule has 0 bridgehead atoms. The molecule has 0 amide bonds. The molecule has 0 saturated heterocycles. The zero-order valence-electron chi connectivity index (χ0n) is 7.07. The lowest BCUT2D eigenvalue weighted by Crippen LogP contribution is -2.33. The highest BCUT2D eigenvalue weighted by Gasteiger charge is 2.30. The van der Waals surface area contributed by atoms with Crippen molar-refractivity contribution >= 4 is 24.2 Å². The van der Waals surface area contributed by atoms with Crippen molar-refractivity contribution < 1.29 is 10.0 Å². The van der Waals surface area contributed by atoms with Crippen molar-refractivity contribution in [3.05, 3.63) is 28.8 Å². The summed E-state index contributed by atoms with van der Waals surface area (Å²) in [4.78, 5) is 0. The summed E-state index contributed by atoms with van der Waals surface area (Å²) in [6, 6.07) is 5.45. The van der Waals surface area contributed by atoms with E-state index in [1.165, 1.54) is 0 Å². The van der Waals surface area contributed by atoms with E-state index in [9.17, 15) is 0 Å². The minimum absolute atomic E-state index is 0.444. The Balaban J connectivity index is 2.47. The third-order valence-electron chi connectivity index (χ3n) is 2.36. The Kier molecular flexibility index (Phi) is 2.32. The summed E-state index contributed by atoms with van der Waals surface area (Å²) in [6.45, 7) is 0. The van der Waals surface area contributed by atoms with Crippen molar-refractivity contribution in [1.29, 1.82) is 0 Å². The van der Waals surface area contributed by atoms with Crippen LogP contribution in [0.15, 0.2) is 18.2 Å². The van der Waals surface area contributed by atoms with Crippen molar-refractivity contribution in [2.45, 2.75) is 18.8 Å².